The number of anilines is 2. The molecule has 0 bridgehead atoms. The van der Waals surface area contributed by atoms with Crippen molar-refractivity contribution in [1.29, 1.82) is 0 Å². The van der Waals surface area contributed by atoms with Gasteiger partial charge in [0.15, 0.2) is 0 Å². The summed E-state index contributed by atoms with van der Waals surface area (Å²) in [6, 6.07) is 10.2. The first kappa shape index (κ1) is 26.3. The Bertz CT molecular complexity index is 1340. The van der Waals surface area contributed by atoms with Gasteiger partial charge in [0.25, 0.3) is 0 Å². The summed E-state index contributed by atoms with van der Waals surface area (Å²) in [5.41, 5.74) is 5.77. The summed E-state index contributed by atoms with van der Waals surface area (Å²) < 4.78 is 42.4. The first-order valence-electron chi connectivity index (χ1n) is 11.4. The molecule has 2 aliphatic rings. The molecule has 2 aromatic rings. The maximum atomic E-state index is 13.3. The monoisotopic (exact) mass is 549 g/mol. The van der Waals surface area contributed by atoms with Gasteiger partial charge < -0.3 is 4.90 Å². The van der Waals surface area contributed by atoms with Gasteiger partial charge in [0, 0.05) is 35.4 Å². The number of allylic oxidation sites excluding steroid dienone is 5. The lowest BCUT2D eigenvalue weighted by molar-refractivity contribution is 0.568. The van der Waals surface area contributed by atoms with Crippen molar-refractivity contribution in [3.8, 4) is 0 Å². The molecule has 1 aliphatic carbocycles. The summed E-state index contributed by atoms with van der Waals surface area (Å²) in [4.78, 5) is 5.76. The average Bonchev–Trinajstić information content (AvgIpc) is 3.27. The third-order valence-electron chi connectivity index (χ3n) is 5.87. The summed E-state index contributed by atoms with van der Waals surface area (Å²) >= 11 is 12.5. The highest BCUT2D eigenvalue weighted by Gasteiger charge is 2.31. The van der Waals surface area contributed by atoms with Crippen LogP contribution in [0.4, 0.5) is 15.8 Å². The maximum absolute atomic E-state index is 13.3. The summed E-state index contributed by atoms with van der Waals surface area (Å²) in [6.07, 6.45) is 8.28. The molecular formula is C25H26Cl2FN5O2S. The van der Waals surface area contributed by atoms with E-state index in [0.29, 0.717) is 48.6 Å². The van der Waals surface area contributed by atoms with Gasteiger partial charge in [-0.1, -0.05) is 47.5 Å². The molecule has 1 saturated heterocycles. The van der Waals surface area contributed by atoms with Crippen LogP contribution in [0.1, 0.15) is 31.7 Å². The zero-order chi connectivity index (χ0) is 25.7. The van der Waals surface area contributed by atoms with Crippen molar-refractivity contribution in [3.05, 3.63) is 86.8 Å². The third kappa shape index (κ3) is 6.53. The van der Waals surface area contributed by atoms with Crippen molar-refractivity contribution < 1.29 is 12.8 Å². The Morgan fingerprint density at radius 3 is 2.81 bits per heavy atom. The Morgan fingerprint density at radius 1 is 1.22 bits per heavy atom. The van der Waals surface area contributed by atoms with Gasteiger partial charge >= 0.3 is 0 Å². The summed E-state index contributed by atoms with van der Waals surface area (Å²) in [5.74, 6) is -0.561. The van der Waals surface area contributed by atoms with Gasteiger partial charge in [-0.25, -0.2) is 18.1 Å². The molecule has 1 unspecified atom stereocenters. The van der Waals surface area contributed by atoms with Crippen LogP contribution in [0, 0.1) is 5.95 Å². The van der Waals surface area contributed by atoms with Crippen molar-refractivity contribution in [2.75, 3.05) is 23.4 Å². The van der Waals surface area contributed by atoms with Gasteiger partial charge in [0.1, 0.15) is 4.91 Å². The lowest BCUT2D eigenvalue weighted by atomic mass is 10.1. The van der Waals surface area contributed by atoms with E-state index in [0.717, 1.165) is 11.3 Å². The van der Waals surface area contributed by atoms with E-state index in [1.807, 2.05) is 30.3 Å². The fourth-order valence-electron chi connectivity index (χ4n) is 4.18. The molecule has 1 aromatic carbocycles. The predicted molar refractivity (Wildman–Crippen MR) is 144 cm³/mol. The largest absolute Gasteiger partial charge is 0.369 e. The number of hydrazone groups is 1. The van der Waals surface area contributed by atoms with Crippen LogP contribution in [0.15, 0.2) is 80.4 Å². The number of hydrogen-bond acceptors (Lipinski definition) is 6. The number of hydrogen-bond donors (Lipinski definition) is 2. The number of sulfonamides is 1. The Kier molecular flexibility index (Phi) is 8.46. The molecule has 1 aromatic heterocycles. The molecule has 36 heavy (non-hydrogen) atoms. The van der Waals surface area contributed by atoms with Crippen molar-refractivity contribution in [1.82, 2.24) is 9.71 Å². The standard InChI is InChI=1S/C25H26Cl2FN5O2S/c1-17-5-4-7-19(26)13-22(27)25(17)36(34,35)32-21-11-12-33(16-21)23-8-3-2-6-18(23)14-30-31-20-9-10-24(28)29-15-20/h2-3,5-6,8-10,13-15,21,31-32H,4,7,11-12,16H2,1H3/b17-5-,19-13-,25-22-,30-14-. The van der Waals surface area contributed by atoms with Gasteiger partial charge in [0.05, 0.1) is 23.1 Å². The molecule has 1 fully saturated rings. The molecule has 4 rings (SSSR count). The molecule has 2 N–H and O–H groups in total. The Labute approximate surface area is 220 Å². The quantitative estimate of drug-likeness (QED) is 0.271. The number of benzene rings is 1. The predicted octanol–water partition coefficient (Wildman–Crippen LogP) is 5.48. The molecule has 11 heteroatoms. The van der Waals surface area contributed by atoms with E-state index in [1.54, 1.807) is 19.2 Å². The molecule has 0 radical (unpaired) electrons. The van der Waals surface area contributed by atoms with Crippen LogP contribution < -0.4 is 15.0 Å². The van der Waals surface area contributed by atoms with Crippen molar-refractivity contribution >= 4 is 50.8 Å². The fourth-order valence-corrected chi connectivity index (χ4v) is 6.61. The lowest BCUT2D eigenvalue weighted by Crippen LogP contribution is -2.38. The number of pyridine rings is 1. The molecule has 0 spiro atoms. The molecule has 1 aliphatic heterocycles. The van der Waals surface area contributed by atoms with Crippen molar-refractivity contribution in [3.63, 3.8) is 0 Å². The van der Waals surface area contributed by atoms with E-state index in [-0.39, 0.29) is 16.0 Å². The number of nitrogens with zero attached hydrogens (tertiary/aromatic N) is 3. The average molecular weight is 550 g/mol. The number of halogens is 3. The van der Waals surface area contributed by atoms with E-state index >= 15 is 0 Å². The van der Waals surface area contributed by atoms with Crippen LogP contribution in [-0.4, -0.2) is 38.7 Å². The molecule has 7 nitrogen and oxygen atoms in total. The number of para-hydroxylation sites is 1. The van der Waals surface area contributed by atoms with E-state index in [4.69, 9.17) is 23.2 Å². The number of aromatic nitrogens is 1. The molecule has 1 atom stereocenters. The second-order valence-corrected chi connectivity index (χ2v) is 11.1. The second kappa shape index (κ2) is 11.6. The Balaban J connectivity index is 1.47. The van der Waals surface area contributed by atoms with Gasteiger partial charge in [-0.2, -0.15) is 9.49 Å². The number of nitrogens with one attached hydrogen (secondary N) is 2. The van der Waals surface area contributed by atoms with Gasteiger partial charge in [-0.3, -0.25) is 5.43 Å². The third-order valence-corrected chi connectivity index (χ3v) is 8.30. The molecule has 190 valence electrons. The highest BCUT2D eigenvalue weighted by Crippen LogP contribution is 2.31. The first-order chi connectivity index (χ1) is 17.2. The van der Waals surface area contributed by atoms with Crippen molar-refractivity contribution in [2.24, 2.45) is 5.10 Å². The Morgan fingerprint density at radius 2 is 2.03 bits per heavy atom. The summed E-state index contributed by atoms with van der Waals surface area (Å²) in [7, 11) is -3.86. The molecule has 2 heterocycles. The molecule has 0 amide bonds. The minimum Gasteiger partial charge on any atom is -0.369 e. The van der Waals surface area contributed by atoms with Crippen LogP contribution in [0.5, 0.6) is 0 Å². The van der Waals surface area contributed by atoms with Crippen LogP contribution >= 0.6 is 23.2 Å². The maximum Gasteiger partial charge on any atom is 0.242 e. The topological polar surface area (TPSA) is 86.7 Å². The zero-order valence-electron chi connectivity index (χ0n) is 19.6. The van der Waals surface area contributed by atoms with E-state index in [1.165, 1.54) is 18.3 Å². The van der Waals surface area contributed by atoms with Crippen LogP contribution in [-0.2, 0) is 10.0 Å². The van der Waals surface area contributed by atoms with Gasteiger partial charge in [-0.05, 0) is 56.0 Å². The van der Waals surface area contributed by atoms with Crippen LogP contribution in [0.3, 0.4) is 0 Å². The van der Waals surface area contributed by atoms with Gasteiger partial charge in [0.2, 0.25) is 16.0 Å². The lowest BCUT2D eigenvalue weighted by Gasteiger charge is -2.22. The zero-order valence-corrected chi connectivity index (χ0v) is 21.9. The minimum absolute atomic E-state index is 0.0642. The van der Waals surface area contributed by atoms with E-state index in [9.17, 15) is 12.8 Å². The van der Waals surface area contributed by atoms with Crippen LogP contribution in [0.2, 0.25) is 0 Å². The summed E-state index contributed by atoms with van der Waals surface area (Å²) in [6.45, 7) is 2.90. The highest BCUT2D eigenvalue weighted by molar-refractivity contribution is 7.93. The molecular weight excluding hydrogens is 524 g/mol. The summed E-state index contributed by atoms with van der Waals surface area (Å²) in [5, 5.41) is 4.87. The van der Waals surface area contributed by atoms with Crippen molar-refractivity contribution in [2.45, 2.75) is 32.2 Å². The van der Waals surface area contributed by atoms with E-state index < -0.39 is 16.0 Å². The van der Waals surface area contributed by atoms with Gasteiger partial charge in [-0.15, -0.1) is 0 Å². The highest BCUT2D eigenvalue weighted by atomic mass is 35.5. The SMILES string of the molecule is CC1=C/CC/C(Cl)=C/C(Cl)=C\1S(=O)(=O)NC1CCN(c2ccccc2/C=N\Nc2ccc(F)nc2)C1. The Hall–Kier alpha value is -2.72. The molecule has 0 saturated carbocycles. The normalized spacial score (nSPS) is 24.1. The smallest absolute Gasteiger partial charge is 0.242 e. The fraction of sp³-hybridized carbons (Fsp3) is 0.280. The number of rotatable bonds is 7. The van der Waals surface area contributed by atoms with Crippen LogP contribution in [0.25, 0.3) is 0 Å². The first-order valence-corrected chi connectivity index (χ1v) is 13.7. The van der Waals surface area contributed by atoms with E-state index in [2.05, 4.69) is 25.1 Å². The second-order valence-electron chi connectivity index (χ2n) is 8.55. The minimum atomic E-state index is -3.86.